The first kappa shape index (κ1) is 16.9. The van der Waals surface area contributed by atoms with Crippen LogP contribution in [-0.2, 0) is 0 Å². The topological polar surface area (TPSA) is 63.9 Å². The van der Waals surface area contributed by atoms with Crippen LogP contribution < -0.4 is 0 Å². The highest BCUT2D eigenvalue weighted by atomic mass is 35.5. The van der Waals surface area contributed by atoms with Crippen molar-refractivity contribution in [1.82, 2.24) is 25.1 Å². The predicted molar refractivity (Wildman–Crippen MR) is 96.6 cm³/mol. The third kappa shape index (κ3) is 3.75. The molecule has 0 bridgehead atoms. The lowest BCUT2D eigenvalue weighted by Crippen LogP contribution is -2.13. The van der Waals surface area contributed by atoms with E-state index in [1.165, 1.54) is 4.68 Å². The Kier molecular flexibility index (Phi) is 4.90. The number of hydrogen-bond donors (Lipinski definition) is 0. The number of halogens is 1. The van der Waals surface area contributed by atoms with Gasteiger partial charge in [0.15, 0.2) is 11.6 Å². The van der Waals surface area contributed by atoms with Crippen LogP contribution in [-0.4, -0.2) is 45.0 Å². The number of Topliss-reactive ketones (excluding diaryl/α,β-unsaturated/α-hetero) is 1. The Labute approximate surface area is 150 Å². The van der Waals surface area contributed by atoms with E-state index in [4.69, 9.17) is 11.6 Å². The highest BCUT2D eigenvalue weighted by Gasteiger charge is 2.22. The summed E-state index contributed by atoms with van der Waals surface area (Å²) < 4.78 is 1.54. The number of hydrogen-bond acceptors (Lipinski definition) is 5. The summed E-state index contributed by atoms with van der Waals surface area (Å²) >= 11 is 6.02. The molecular formula is C18H16ClN5O. The van der Waals surface area contributed by atoms with Gasteiger partial charge in [-0.3, -0.25) is 4.79 Å². The minimum atomic E-state index is -0.205. The van der Waals surface area contributed by atoms with Gasteiger partial charge >= 0.3 is 0 Å². The predicted octanol–water partition coefficient (Wildman–Crippen LogP) is 3.10. The first-order chi connectivity index (χ1) is 12.1. The molecular weight excluding hydrogens is 338 g/mol. The third-order valence-electron chi connectivity index (χ3n) is 3.43. The Morgan fingerprint density at radius 2 is 1.88 bits per heavy atom. The fourth-order valence-corrected chi connectivity index (χ4v) is 2.55. The van der Waals surface area contributed by atoms with Crippen LogP contribution in [0.3, 0.4) is 0 Å². The molecule has 0 spiro atoms. The molecule has 0 saturated carbocycles. The molecule has 1 aromatic heterocycles. The second-order valence-corrected chi connectivity index (χ2v) is 6.03. The lowest BCUT2D eigenvalue weighted by Gasteiger charge is -2.12. The molecule has 1 heterocycles. The average Bonchev–Trinajstić information content (AvgIpc) is 3.09. The molecule has 0 unspecified atom stereocenters. The molecule has 0 saturated heterocycles. The quantitative estimate of drug-likeness (QED) is 0.521. The number of aromatic nitrogens is 4. The smallest absolute Gasteiger partial charge is 0.198 e. The molecule has 0 amide bonds. The Morgan fingerprint density at radius 1 is 1.12 bits per heavy atom. The zero-order valence-corrected chi connectivity index (χ0v) is 14.6. The summed E-state index contributed by atoms with van der Waals surface area (Å²) in [5.74, 6) is 0.160. The van der Waals surface area contributed by atoms with E-state index in [0.717, 1.165) is 5.69 Å². The monoisotopic (exact) mass is 353 g/mol. The Hall–Kier alpha value is -2.99. The molecule has 0 aliphatic heterocycles. The van der Waals surface area contributed by atoms with E-state index >= 15 is 0 Å². The minimum absolute atomic E-state index is 0.205. The number of tetrazole rings is 1. The van der Waals surface area contributed by atoms with Gasteiger partial charge in [0.1, 0.15) is 0 Å². The maximum absolute atomic E-state index is 13.1. The van der Waals surface area contributed by atoms with E-state index in [0.29, 0.717) is 22.0 Å². The fraction of sp³-hybridized carbons (Fsp3) is 0.111. The van der Waals surface area contributed by atoms with Gasteiger partial charge in [-0.25, -0.2) is 0 Å². The lowest BCUT2D eigenvalue weighted by molar-refractivity contribution is 0.105. The molecule has 0 aliphatic carbocycles. The zero-order valence-electron chi connectivity index (χ0n) is 13.8. The minimum Gasteiger partial charge on any atom is -0.383 e. The number of ketones is 1. The second-order valence-electron chi connectivity index (χ2n) is 5.60. The summed E-state index contributed by atoms with van der Waals surface area (Å²) in [5, 5.41) is 12.3. The highest BCUT2D eigenvalue weighted by molar-refractivity contribution is 6.32. The Balaban J connectivity index is 2.10. The van der Waals surface area contributed by atoms with Crippen LogP contribution in [0.2, 0.25) is 5.02 Å². The number of rotatable bonds is 5. The van der Waals surface area contributed by atoms with Crippen LogP contribution in [0.15, 0.2) is 60.8 Å². The molecule has 0 atom stereocenters. The van der Waals surface area contributed by atoms with Gasteiger partial charge in [-0.15, -0.1) is 5.10 Å². The SMILES string of the molecule is CN(C)/C=C(\C(=O)c1cccc(Cl)c1)c1nnnn1-c1ccccc1. The number of benzene rings is 2. The highest BCUT2D eigenvalue weighted by Crippen LogP contribution is 2.22. The number of carbonyl (C=O) groups is 1. The van der Waals surface area contributed by atoms with E-state index in [2.05, 4.69) is 15.5 Å². The van der Waals surface area contributed by atoms with Crippen molar-refractivity contribution in [1.29, 1.82) is 0 Å². The van der Waals surface area contributed by atoms with Crippen molar-refractivity contribution in [3.8, 4) is 5.69 Å². The van der Waals surface area contributed by atoms with E-state index in [9.17, 15) is 4.79 Å². The van der Waals surface area contributed by atoms with Crippen molar-refractivity contribution >= 4 is 23.0 Å². The summed E-state index contributed by atoms with van der Waals surface area (Å²) in [7, 11) is 3.67. The van der Waals surface area contributed by atoms with Gasteiger partial charge < -0.3 is 4.90 Å². The van der Waals surface area contributed by atoms with Gasteiger partial charge in [0.25, 0.3) is 0 Å². The summed E-state index contributed by atoms with van der Waals surface area (Å²) in [6, 6.07) is 16.2. The maximum atomic E-state index is 13.1. The van der Waals surface area contributed by atoms with Crippen LogP contribution in [0.5, 0.6) is 0 Å². The van der Waals surface area contributed by atoms with Crippen LogP contribution in [0.1, 0.15) is 16.2 Å². The largest absolute Gasteiger partial charge is 0.383 e. The van der Waals surface area contributed by atoms with Gasteiger partial charge in [0, 0.05) is 30.9 Å². The molecule has 0 fully saturated rings. The number of para-hydroxylation sites is 1. The Morgan fingerprint density at radius 3 is 2.56 bits per heavy atom. The summed E-state index contributed by atoms with van der Waals surface area (Å²) in [6.45, 7) is 0. The summed E-state index contributed by atoms with van der Waals surface area (Å²) in [5.41, 5.74) is 1.62. The average molecular weight is 354 g/mol. The van der Waals surface area contributed by atoms with Crippen molar-refractivity contribution in [2.75, 3.05) is 14.1 Å². The lowest BCUT2D eigenvalue weighted by atomic mass is 10.0. The molecule has 0 N–H and O–H groups in total. The van der Waals surface area contributed by atoms with Gasteiger partial charge in [0.05, 0.1) is 11.3 Å². The van der Waals surface area contributed by atoms with Crippen molar-refractivity contribution in [2.45, 2.75) is 0 Å². The molecule has 3 rings (SSSR count). The van der Waals surface area contributed by atoms with Gasteiger partial charge in [-0.05, 0) is 34.7 Å². The molecule has 2 aromatic carbocycles. The van der Waals surface area contributed by atoms with Crippen LogP contribution >= 0.6 is 11.6 Å². The molecule has 25 heavy (non-hydrogen) atoms. The number of carbonyl (C=O) groups excluding carboxylic acids is 1. The standard InChI is InChI=1S/C18H16ClN5O/c1-23(2)12-16(17(25)13-7-6-8-14(19)11-13)18-20-21-22-24(18)15-9-4-3-5-10-15/h3-12H,1-2H3/b16-12+. The first-order valence-electron chi connectivity index (χ1n) is 7.59. The zero-order chi connectivity index (χ0) is 17.8. The second kappa shape index (κ2) is 7.27. The van der Waals surface area contributed by atoms with Crippen LogP contribution in [0, 0.1) is 0 Å². The van der Waals surface area contributed by atoms with Gasteiger partial charge in [-0.2, -0.15) is 4.68 Å². The molecule has 7 heteroatoms. The van der Waals surface area contributed by atoms with E-state index in [1.54, 1.807) is 35.4 Å². The van der Waals surface area contributed by atoms with Crippen molar-refractivity contribution in [3.05, 3.63) is 77.2 Å². The first-order valence-corrected chi connectivity index (χ1v) is 7.97. The molecule has 3 aromatic rings. The van der Waals surface area contributed by atoms with E-state index in [-0.39, 0.29) is 5.78 Å². The van der Waals surface area contributed by atoms with Gasteiger partial charge in [-0.1, -0.05) is 41.9 Å². The molecule has 6 nitrogen and oxygen atoms in total. The van der Waals surface area contributed by atoms with Crippen LogP contribution in [0.4, 0.5) is 0 Å². The maximum Gasteiger partial charge on any atom is 0.198 e. The molecule has 0 radical (unpaired) electrons. The summed E-state index contributed by atoms with van der Waals surface area (Å²) in [6.07, 6.45) is 1.70. The van der Waals surface area contributed by atoms with E-state index < -0.39 is 0 Å². The van der Waals surface area contributed by atoms with Crippen molar-refractivity contribution < 1.29 is 4.79 Å². The Bertz CT molecular complexity index is 918. The van der Waals surface area contributed by atoms with Gasteiger partial charge in [0.2, 0.25) is 0 Å². The normalized spacial score (nSPS) is 11.4. The molecule has 0 aliphatic rings. The third-order valence-corrected chi connectivity index (χ3v) is 3.67. The van der Waals surface area contributed by atoms with Crippen molar-refractivity contribution in [3.63, 3.8) is 0 Å². The van der Waals surface area contributed by atoms with Crippen molar-refractivity contribution in [2.24, 2.45) is 0 Å². The summed E-state index contributed by atoms with van der Waals surface area (Å²) in [4.78, 5) is 14.8. The fourth-order valence-electron chi connectivity index (χ4n) is 2.36. The number of allylic oxidation sites excluding steroid dienone is 1. The van der Waals surface area contributed by atoms with Crippen LogP contribution in [0.25, 0.3) is 11.3 Å². The molecule has 126 valence electrons. The number of nitrogens with zero attached hydrogens (tertiary/aromatic N) is 5. The van der Waals surface area contributed by atoms with E-state index in [1.807, 2.05) is 44.4 Å².